The first kappa shape index (κ1) is 18.7. The summed E-state index contributed by atoms with van der Waals surface area (Å²) in [5.74, 6) is 0.478. The van der Waals surface area contributed by atoms with Gasteiger partial charge < -0.3 is 19.6 Å². The van der Waals surface area contributed by atoms with Crippen molar-refractivity contribution in [1.29, 1.82) is 0 Å². The molecule has 1 aliphatic heterocycles. The summed E-state index contributed by atoms with van der Waals surface area (Å²) < 4.78 is 6.47. The molecule has 1 aliphatic rings. The smallest absolute Gasteiger partial charge is 0.270 e. The highest BCUT2D eigenvalue weighted by atomic mass is 32.1. The first-order valence-corrected chi connectivity index (χ1v) is 10.9. The Morgan fingerprint density at radius 3 is 2.80 bits per heavy atom. The molecule has 4 heterocycles. The number of rotatable bonds is 4. The molecule has 2 N–H and O–H groups in total. The number of hydrogen-bond acceptors (Lipinski definition) is 4. The number of amides is 2. The van der Waals surface area contributed by atoms with E-state index in [1.807, 2.05) is 53.9 Å². The summed E-state index contributed by atoms with van der Waals surface area (Å²) in [6.45, 7) is 1.11. The number of nitrogens with zero attached hydrogens (tertiary/aromatic N) is 1. The fourth-order valence-corrected chi connectivity index (χ4v) is 4.70. The standard InChI is InChI=1S/C23H21N3O3S/c27-22(24-17-7-5-15(6-8-17)20-4-2-11-29-20)16-3-1-10-26(14-16)23(28)19-13-21-18(25-19)9-12-30-21/h2,4-9,11-13,16,25H,1,3,10,14H2,(H,24,27)/t16-/m0/s1. The molecule has 1 atom stereocenters. The molecule has 1 aromatic carbocycles. The molecule has 1 fully saturated rings. The van der Waals surface area contributed by atoms with Crippen LogP contribution in [0, 0.1) is 5.92 Å². The predicted molar refractivity (Wildman–Crippen MR) is 118 cm³/mol. The number of piperidine rings is 1. The number of nitrogens with one attached hydrogen (secondary N) is 2. The minimum absolute atomic E-state index is 0.0429. The topological polar surface area (TPSA) is 78.3 Å². The lowest BCUT2D eigenvalue weighted by Gasteiger charge is -2.31. The number of hydrogen-bond donors (Lipinski definition) is 2. The van der Waals surface area contributed by atoms with E-state index in [4.69, 9.17) is 4.42 Å². The zero-order valence-corrected chi connectivity index (χ0v) is 17.1. The second-order valence-corrected chi connectivity index (χ2v) is 8.46. The Labute approximate surface area is 177 Å². The van der Waals surface area contributed by atoms with E-state index in [1.165, 1.54) is 0 Å². The number of anilines is 1. The molecule has 0 bridgehead atoms. The van der Waals surface area contributed by atoms with E-state index in [2.05, 4.69) is 10.3 Å². The first-order chi connectivity index (χ1) is 14.7. The van der Waals surface area contributed by atoms with Crippen molar-refractivity contribution in [2.45, 2.75) is 12.8 Å². The van der Waals surface area contributed by atoms with Gasteiger partial charge in [-0.05, 0) is 66.8 Å². The predicted octanol–water partition coefficient (Wildman–Crippen LogP) is 4.98. The Balaban J connectivity index is 1.23. The van der Waals surface area contributed by atoms with Gasteiger partial charge in [0.15, 0.2) is 0 Å². The molecular formula is C23H21N3O3S. The van der Waals surface area contributed by atoms with Gasteiger partial charge in [0.25, 0.3) is 5.91 Å². The van der Waals surface area contributed by atoms with E-state index >= 15 is 0 Å². The number of fused-ring (bicyclic) bond motifs is 1. The summed E-state index contributed by atoms with van der Waals surface area (Å²) in [6.07, 6.45) is 3.23. The molecule has 0 radical (unpaired) electrons. The molecule has 1 saturated heterocycles. The van der Waals surface area contributed by atoms with Gasteiger partial charge in [0.05, 0.1) is 22.4 Å². The van der Waals surface area contributed by atoms with E-state index < -0.39 is 0 Å². The number of likely N-dealkylation sites (tertiary alicyclic amines) is 1. The number of aromatic amines is 1. The van der Waals surface area contributed by atoms with Crippen LogP contribution in [0.25, 0.3) is 21.5 Å². The van der Waals surface area contributed by atoms with Gasteiger partial charge in [0, 0.05) is 24.3 Å². The van der Waals surface area contributed by atoms with Crippen molar-refractivity contribution in [2.75, 3.05) is 18.4 Å². The third-order valence-corrected chi connectivity index (χ3v) is 6.37. The summed E-state index contributed by atoms with van der Waals surface area (Å²) in [6, 6.07) is 15.2. The molecule has 0 aliphatic carbocycles. The fourth-order valence-electron chi connectivity index (χ4n) is 3.91. The van der Waals surface area contributed by atoms with Crippen molar-refractivity contribution in [2.24, 2.45) is 5.92 Å². The average Bonchev–Trinajstić information content (AvgIpc) is 3.51. The van der Waals surface area contributed by atoms with Crippen LogP contribution in [-0.2, 0) is 4.79 Å². The van der Waals surface area contributed by atoms with Crippen molar-refractivity contribution >= 4 is 39.1 Å². The summed E-state index contributed by atoms with van der Waals surface area (Å²) in [5.41, 5.74) is 3.26. The highest BCUT2D eigenvalue weighted by Gasteiger charge is 2.29. The molecule has 0 unspecified atom stereocenters. The molecule has 6 nitrogen and oxygen atoms in total. The number of H-pyrrole nitrogens is 1. The van der Waals surface area contributed by atoms with Crippen molar-refractivity contribution in [3.8, 4) is 11.3 Å². The van der Waals surface area contributed by atoms with Gasteiger partial charge >= 0.3 is 0 Å². The van der Waals surface area contributed by atoms with Gasteiger partial charge in [-0.2, -0.15) is 0 Å². The fraction of sp³-hybridized carbons (Fsp3) is 0.217. The van der Waals surface area contributed by atoms with Crippen molar-refractivity contribution in [1.82, 2.24) is 9.88 Å². The lowest BCUT2D eigenvalue weighted by molar-refractivity contribution is -0.121. The van der Waals surface area contributed by atoms with Gasteiger partial charge in [-0.1, -0.05) is 0 Å². The first-order valence-electron chi connectivity index (χ1n) is 9.98. The van der Waals surface area contributed by atoms with Crippen molar-refractivity contribution in [3.05, 3.63) is 65.9 Å². The van der Waals surface area contributed by atoms with Gasteiger partial charge in [-0.3, -0.25) is 9.59 Å². The van der Waals surface area contributed by atoms with E-state index in [-0.39, 0.29) is 17.7 Å². The maximum Gasteiger partial charge on any atom is 0.270 e. The number of carbonyl (C=O) groups excluding carboxylic acids is 2. The Bertz CT molecular complexity index is 1150. The second-order valence-electron chi connectivity index (χ2n) is 7.52. The van der Waals surface area contributed by atoms with Crippen molar-refractivity contribution < 1.29 is 14.0 Å². The quantitative estimate of drug-likeness (QED) is 0.490. The van der Waals surface area contributed by atoms with Gasteiger partial charge in [-0.15, -0.1) is 11.3 Å². The number of benzene rings is 1. The second kappa shape index (κ2) is 7.84. The zero-order chi connectivity index (χ0) is 20.5. The molecule has 30 heavy (non-hydrogen) atoms. The Morgan fingerprint density at radius 2 is 2.03 bits per heavy atom. The van der Waals surface area contributed by atoms with Crippen LogP contribution >= 0.6 is 11.3 Å². The third kappa shape index (κ3) is 3.64. The van der Waals surface area contributed by atoms with E-state index in [1.54, 1.807) is 22.5 Å². The molecule has 0 saturated carbocycles. The molecule has 5 rings (SSSR count). The van der Waals surface area contributed by atoms with Gasteiger partial charge in [0.2, 0.25) is 5.91 Å². The zero-order valence-electron chi connectivity index (χ0n) is 16.3. The third-order valence-electron chi connectivity index (χ3n) is 5.51. The van der Waals surface area contributed by atoms with Gasteiger partial charge in [-0.25, -0.2) is 0 Å². The summed E-state index contributed by atoms with van der Waals surface area (Å²) in [7, 11) is 0. The minimum atomic E-state index is -0.219. The summed E-state index contributed by atoms with van der Waals surface area (Å²) in [4.78, 5) is 30.7. The van der Waals surface area contributed by atoms with E-state index in [0.717, 1.165) is 40.1 Å². The monoisotopic (exact) mass is 419 g/mol. The molecule has 7 heteroatoms. The van der Waals surface area contributed by atoms with Crippen LogP contribution in [0.3, 0.4) is 0 Å². The number of furan rings is 1. The van der Waals surface area contributed by atoms with Crippen LogP contribution in [-0.4, -0.2) is 34.8 Å². The van der Waals surface area contributed by atoms with Gasteiger partial charge in [0.1, 0.15) is 11.5 Å². The van der Waals surface area contributed by atoms with Crippen LogP contribution < -0.4 is 5.32 Å². The Kier molecular flexibility index (Phi) is 4.88. The maximum absolute atomic E-state index is 12.9. The van der Waals surface area contributed by atoms with Crippen LogP contribution in [0.4, 0.5) is 5.69 Å². The highest BCUT2D eigenvalue weighted by molar-refractivity contribution is 7.17. The van der Waals surface area contributed by atoms with Crippen LogP contribution in [0.5, 0.6) is 0 Å². The SMILES string of the molecule is O=C(Nc1ccc(-c2ccco2)cc1)[C@H]1CCCN(C(=O)c2cc3sccc3[nH]2)C1. The van der Waals surface area contributed by atoms with Crippen LogP contribution in [0.1, 0.15) is 23.3 Å². The molecule has 152 valence electrons. The normalized spacial score (nSPS) is 16.7. The number of thiophene rings is 1. The highest BCUT2D eigenvalue weighted by Crippen LogP contribution is 2.25. The van der Waals surface area contributed by atoms with Crippen molar-refractivity contribution in [3.63, 3.8) is 0 Å². The molecular weight excluding hydrogens is 398 g/mol. The molecule has 2 amide bonds. The Morgan fingerprint density at radius 1 is 1.17 bits per heavy atom. The minimum Gasteiger partial charge on any atom is -0.464 e. The average molecular weight is 420 g/mol. The van der Waals surface area contributed by atoms with E-state index in [9.17, 15) is 9.59 Å². The number of aromatic nitrogens is 1. The molecule has 0 spiro atoms. The summed E-state index contributed by atoms with van der Waals surface area (Å²) >= 11 is 1.61. The summed E-state index contributed by atoms with van der Waals surface area (Å²) in [5, 5.41) is 4.98. The molecule has 4 aromatic rings. The van der Waals surface area contributed by atoms with Crippen LogP contribution in [0.2, 0.25) is 0 Å². The largest absolute Gasteiger partial charge is 0.464 e. The lowest BCUT2D eigenvalue weighted by Crippen LogP contribution is -2.43. The molecule has 3 aromatic heterocycles. The lowest BCUT2D eigenvalue weighted by atomic mass is 9.96. The maximum atomic E-state index is 12.9. The van der Waals surface area contributed by atoms with Crippen LogP contribution in [0.15, 0.2) is 64.6 Å². The Hall–Kier alpha value is -3.32. The number of carbonyl (C=O) groups is 2. The van der Waals surface area contributed by atoms with E-state index in [0.29, 0.717) is 18.8 Å².